The average molecular weight is 304 g/mol. The van der Waals surface area contributed by atoms with Crippen LogP contribution in [-0.4, -0.2) is 41.2 Å². The van der Waals surface area contributed by atoms with Crippen LogP contribution in [0, 0.1) is 0 Å². The van der Waals surface area contributed by atoms with E-state index in [0.29, 0.717) is 24.2 Å². The number of aromatic nitrogens is 2. The zero-order valence-corrected chi connectivity index (χ0v) is 12.9. The van der Waals surface area contributed by atoms with Gasteiger partial charge in [0.15, 0.2) is 0 Å². The first kappa shape index (κ1) is 15.2. The fraction of sp³-hybridized carbons (Fsp3) is 0.688. The van der Waals surface area contributed by atoms with Crippen molar-refractivity contribution in [3.8, 4) is 0 Å². The second-order valence-corrected chi connectivity index (χ2v) is 6.09. The Bertz CT molecular complexity index is 497. The predicted molar refractivity (Wildman–Crippen MR) is 83.8 cm³/mol. The Kier molecular flexibility index (Phi) is 5.21. The van der Waals surface area contributed by atoms with E-state index in [2.05, 4.69) is 20.6 Å². The number of carbonyl (C=O) groups is 1. The van der Waals surface area contributed by atoms with E-state index < -0.39 is 0 Å². The Morgan fingerprint density at radius 1 is 1.23 bits per heavy atom. The summed E-state index contributed by atoms with van der Waals surface area (Å²) in [7, 11) is 0. The molecule has 22 heavy (non-hydrogen) atoms. The van der Waals surface area contributed by atoms with Gasteiger partial charge in [-0.1, -0.05) is 19.3 Å². The van der Waals surface area contributed by atoms with Crippen molar-refractivity contribution in [2.45, 2.75) is 57.1 Å². The van der Waals surface area contributed by atoms with Crippen LogP contribution in [0.5, 0.6) is 0 Å². The minimum Gasteiger partial charge on any atom is -0.376 e. The van der Waals surface area contributed by atoms with Gasteiger partial charge in [-0.25, -0.2) is 9.97 Å². The van der Waals surface area contributed by atoms with Gasteiger partial charge in [-0.2, -0.15) is 0 Å². The molecule has 6 nitrogen and oxygen atoms in total. The molecule has 3 rings (SSSR count). The number of carbonyl (C=O) groups excluding carboxylic acids is 1. The third-order valence-electron chi connectivity index (χ3n) is 4.34. The molecule has 0 spiro atoms. The molecule has 0 radical (unpaired) electrons. The molecule has 2 aliphatic rings. The molecule has 1 unspecified atom stereocenters. The van der Waals surface area contributed by atoms with Crippen LogP contribution in [0.2, 0.25) is 0 Å². The molecule has 2 heterocycles. The molecule has 1 saturated carbocycles. The van der Waals surface area contributed by atoms with E-state index in [0.717, 1.165) is 32.3 Å². The van der Waals surface area contributed by atoms with Gasteiger partial charge in [0.05, 0.1) is 6.10 Å². The predicted octanol–water partition coefficient (Wildman–Crippen LogP) is 2.13. The third kappa shape index (κ3) is 4.16. The smallest absolute Gasteiger partial charge is 0.270 e. The maximum atomic E-state index is 12.3. The van der Waals surface area contributed by atoms with Crippen molar-refractivity contribution in [2.24, 2.45) is 0 Å². The van der Waals surface area contributed by atoms with Crippen LogP contribution < -0.4 is 10.6 Å². The topological polar surface area (TPSA) is 76.1 Å². The highest BCUT2D eigenvalue weighted by Gasteiger charge is 2.18. The second kappa shape index (κ2) is 7.54. The fourth-order valence-corrected chi connectivity index (χ4v) is 3.09. The molecule has 1 aliphatic carbocycles. The van der Waals surface area contributed by atoms with Gasteiger partial charge in [-0.3, -0.25) is 4.79 Å². The highest BCUT2D eigenvalue weighted by atomic mass is 16.5. The normalized spacial score (nSPS) is 22.5. The lowest BCUT2D eigenvalue weighted by Gasteiger charge is -2.22. The number of amides is 1. The minimum absolute atomic E-state index is 0.102. The highest BCUT2D eigenvalue weighted by molar-refractivity contribution is 5.92. The Labute approximate surface area is 131 Å². The number of nitrogens with zero attached hydrogens (tertiary/aromatic N) is 2. The largest absolute Gasteiger partial charge is 0.376 e. The van der Waals surface area contributed by atoms with Crippen LogP contribution in [0.4, 0.5) is 5.95 Å². The summed E-state index contributed by atoms with van der Waals surface area (Å²) in [5.41, 5.74) is 0.426. The van der Waals surface area contributed by atoms with Gasteiger partial charge in [0.2, 0.25) is 5.95 Å². The van der Waals surface area contributed by atoms with E-state index in [9.17, 15) is 4.79 Å². The lowest BCUT2D eigenvalue weighted by molar-refractivity contribution is 0.0922. The van der Waals surface area contributed by atoms with Crippen molar-refractivity contribution in [1.29, 1.82) is 0 Å². The number of hydrogen-bond donors (Lipinski definition) is 2. The summed E-state index contributed by atoms with van der Waals surface area (Å²) in [5.74, 6) is 0.390. The van der Waals surface area contributed by atoms with Gasteiger partial charge in [0.25, 0.3) is 5.91 Å². The van der Waals surface area contributed by atoms with E-state index in [1.165, 1.54) is 19.3 Å². The van der Waals surface area contributed by atoms with Crippen LogP contribution in [0.15, 0.2) is 12.3 Å². The van der Waals surface area contributed by atoms with Gasteiger partial charge in [0, 0.05) is 25.4 Å². The van der Waals surface area contributed by atoms with Crippen molar-refractivity contribution in [3.63, 3.8) is 0 Å². The number of nitrogens with one attached hydrogen (secondary N) is 2. The van der Waals surface area contributed by atoms with Crippen molar-refractivity contribution >= 4 is 11.9 Å². The van der Waals surface area contributed by atoms with Gasteiger partial charge >= 0.3 is 0 Å². The summed E-state index contributed by atoms with van der Waals surface area (Å²) < 4.78 is 5.56. The number of ether oxygens (including phenoxy) is 1. The molecule has 0 aromatic carbocycles. The van der Waals surface area contributed by atoms with Crippen LogP contribution in [0.3, 0.4) is 0 Å². The first-order chi connectivity index (χ1) is 10.8. The molecule has 1 saturated heterocycles. The lowest BCUT2D eigenvalue weighted by Crippen LogP contribution is -2.36. The molecule has 1 aromatic heterocycles. The number of anilines is 1. The maximum Gasteiger partial charge on any atom is 0.270 e. The zero-order valence-electron chi connectivity index (χ0n) is 12.9. The van der Waals surface area contributed by atoms with Crippen LogP contribution in [-0.2, 0) is 4.74 Å². The van der Waals surface area contributed by atoms with Crippen molar-refractivity contribution in [3.05, 3.63) is 18.0 Å². The molecule has 2 fully saturated rings. The van der Waals surface area contributed by atoms with E-state index in [-0.39, 0.29) is 12.0 Å². The van der Waals surface area contributed by atoms with E-state index in [4.69, 9.17) is 4.74 Å². The van der Waals surface area contributed by atoms with E-state index >= 15 is 0 Å². The minimum atomic E-state index is -0.102. The average Bonchev–Trinajstić information content (AvgIpc) is 3.08. The summed E-state index contributed by atoms with van der Waals surface area (Å²) >= 11 is 0. The van der Waals surface area contributed by atoms with Gasteiger partial charge in [0.1, 0.15) is 5.69 Å². The summed E-state index contributed by atoms with van der Waals surface area (Å²) in [6, 6.07) is 1.95. The Morgan fingerprint density at radius 2 is 2.09 bits per heavy atom. The molecule has 1 amide bonds. The second-order valence-electron chi connectivity index (χ2n) is 6.09. The number of rotatable bonds is 5. The zero-order chi connectivity index (χ0) is 15.2. The molecule has 1 aromatic rings. The lowest BCUT2D eigenvalue weighted by atomic mass is 9.95. The Hall–Kier alpha value is -1.69. The molecule has 6 heteroatoms. The molecule has 2 N–H and O–H groups in total. The van der Waals surface area contributed by atoms with E-state index in [1.807, 2.05) is 0 Å². The van der Waals surface area contributed by atoms with Crippen LogP contribution >= 0.6 is 0 Å². The molecule has 120 valence electrons. The summed E-state index contributed by atoms with van der Waals surface area (Å²) in [6.07, 6.45) is 9.83. The maximum absolute atomic E-state index is 12.3. The van der Waals surface area contributed by atoms with Crippen molar-refractivity contribution in [1.82, 2.24) is 15.3 Å². The molecular weight excluding hydrogens is 280 g/mol. The summed E-state index contributed by atoms with van der Waals surface area (Å²) in [5, 5.41) is 6.24. The van der Waals surface area contributed by atoms with E-state index in [1.54, 1.807) is 12.3 Å². The first-order valence-corrected chi connectivity index (χ1v) is 8.30. The quantitative estimate of drug-likeness (QED) is 0.871. The molecular formula is C16H24N4O2. The van der Waals surface area contributed by atoms with Crippen LogP contribution in [0.1, 0.15) is 55.4 Å². The monoisotopic (exact) mass is 304 g/mol. The van der Waals surface area contributed by atoms with Crippen molar-refractivity contribution in [2.75, 3.05) is 18.5 Å². The van der Waals surface area contributed by atoms with Crippen molar-refractivity contribution < 1.29 is 9.53 Å². The highest BCUT2D eigenvalue weighted by Crippen LogP contribution is 2.18. The Morgan fingerprint density at radius 3 is 2.86 bits per heavy atom. The third-order valence-corrected chi connectivity index (χ3v) is 4.34. The SMILES string of the molecule is O=C(NC1CCCCC1)c1ccnc(NCC2CCCO2)n1. The van der Waals surface area contributed by atoms with Gasteiger partial charge < -0.3 is 15.4 Å². The number of hydrogen-bond acceptors (Lipinski definition) is 5. The first-order valence-electron chi connectivity index (χ1n) is 8.30. The van der Waals surface area contributed by atoms with Gasteiger partial charge in [-0.05, 0) is 31.7 Å². The van der Waals surface area contributed by atoms with Gasteiger partial charge in [-0.15, -0.1) is 0 Å². The Balaban J connectivity index is 1.53. The molecule has 0 bridgehead atoms. The standard InChI is InChI=1S/C16H24N4O2/c21-15(19-12-5-2-1-3-6-12)14-8-9-17-16(20-14)18-11-13-7-4-10-22-13/h8-9,12-13H,1-7,10-11H2,(H,19,21)(H,17,18,20). The summed E-state index contributed by atoms with van der Waals surface area (Å²) in [6.45, 7) is 1.52. The molecule has 1 atom stereocenters. The fourth-order valence-electron chi connectivity index (χ4n) is 3.09. The van der Waals surface area contributed by atoms with Crippen LogP contribution in [0.25, 0.3) is 0 Å². The summed E-state index contributed by atoms with van der Waals surface area (Å²) in [4.78, 5) is 20.8. The molecule has 1 aliphatic heterocycles.